The monoisotopic (exact) mass is 1690 g/mol. The van der Waals surface area contributed by atoms with Gasteiger partial charge in [-0.15, -0.1) is 45.3 Å². The van der Waals surface area contributed by atoms with E-state index in [0.717, 1.165) is 122 Å². The normalized spacial score (nSPS) is 21.1. The molecule has 4 aromatic carbocycles. The van der Waals surface area contributed by atoms with Gasteiger partial charge < -0.3 is 38.5 Å². The van der Waals surface area contributed by atoms with Crippen LogP contribution >= 0.6 is 45.3 Å². The van der Waals surface area contributed by atoms with Crippen molar-refractivity contribution in [1.82, 2.24) is 19.6 Å². The van der Waals surface area contributed by atoms with E-state index in [2.05, 4.69) is 111 Å². The molecular weight excluding hydrogens is 1590 g/mol. The molecule has 6 aliphatic carbocycles. The minimum absolute atomic E-state index is 0.0182. The Morgan fingerprint density at radius 1 is 0.403 bits per heavy atom. The minimum atomic E-state index is -4.24. The largest absolute Gasteiger partial charge is 0.488 e. The number of hydrogen-bond acceptors (Lipinski definition) is 16. The molecule has 10 aliphatic rings. The number of halogens is 3. The van der Waals surface area contributed by atoms with Gasteiger partial charge in [0.25, 0.3) is 23.6 Å². The van der Waals surface area contributed by atoms with Crippen LogP contribution in [0.4, 0.5) is 13.2 Å². The molecule has 0 saturated heterocycles. The van der Waals surface area contributed by atoms with Crippen LogP contribution in [0, 0.1) is 0 Å². The Kier molecular flexibility index (Phi) is 23.8. The Hall–Kier alpha value is -9.81. The van der Waals surface area contributed by atoms with Crippen molar-refractivity contribution in [2.24, 2.45) is 0 Å². The first-order chi connectivity index (χ1) is 56.6. The third-order valence-corrected chi connectivity index (χ3v) is 29.1. The lowest BCUT2D eigenvalue weighted by molar-refractivity contribution is -0.160. The summed E-state index contributed by atoms with van der Waals surface area (Å²) < 4.78 is 63.6. The second kappa shape index (κ2) is 33.7. The highest BCUT2D eigenvalue weighted by Gasteiger charge is 2.64. The van der Waals surface area contributed by atoms with E-state index in [1.807, 2.05) is 53.9 Å². The molecule has 622 valence electrons. The number of thiophene rings is 4. The van der Waals surface area contributed by atoms with Gasteiger partial charge in [0.15, 0.2) is 23.1 Å². The number of allylic oxidation sites excluding steroid dienone is 4. The summed E-state index contributed by atoms with van der Waals surface area (Å²) >= 11 is 6.21. The van der Waals surface area contributed by atoms with Gasteiger partial charge in [-0.25, -0.2) is 0 Å². The van der Waals surface area contributed by atoms with Crippen LogP contribution in [0.25, 0.3) is 0 Å². The molecule has 119 heavy (non-hydrogen) atoms. The van der Waals surface area contributed by atoms with Crippen LogP contribution in [0.2, 0.25) is 0 Å². The smallest absolute Gasteiger partial charge is 0.398 e. The van der Waals surface area contributed by atoms with Gasteiger partial charge in [-0.1, -0.05) is 146 Å². The number of amides is 4. The molecule has 6 fully saturated rings. The molecule has 16 nitrogen and oxygen atoms in total. The fraction of sp³-hybridized carbons (Fsp3) is 0.417. The Bertz CT molecular complexity index is 5190. The number of ether oxygens (including phenoxy) is 4. The van der Waals surface area contributed by atoms with E-state index in [9.17, 15) is 51.5 Å². The lowest BCUT2D eigenvalue weighted by Crippen LogP contribution is -2.43. The van der Waals surface area contributed by atoms with Crippen LogP contribution < -0.4 is 18.9 Å². The predicted octanol–water partition coefficient (Wildman–Crippen LogP) is 21.1. The first-order valence-corrected chi connectivity index (χ1v) is 44.4. The fourth-order valence-corrected chi connectivity index (χ4v) is 21.1. The maximum Gasteiger partial charge on any atom is 0.398 e. The highest BCUT2D eigenvalue weighted by atomic mass is 32.1. The molecule has 8 aromatic rings. The Labute approximate surface area is 709 Å². The maximum atomic E-state index is 13.3. The van der Waals surface area contributed by atoms with Gasteiger partial charge in [-0.2, -0.15) is 13.2 Å². The standard InChI is InChI=1S/C24H22F3NO3S.C24H25NO3S.2C24H27NO3S/c1-14-2-7-19(20(29)10-14)28-11-17-18(22(28)30)13-32-21(17)12-31-16-5-3-15(4-6-16)23(8-9-23)24(25,26)27;1-15-3-8-20(21(26)11-15)25-13-22-19(23(25)27)12-18(29-22)14-28-17-6-4-16(5-7-17)24(2)9-10-24;1-15-5-10-20(21(26)11-15)25-12-18-19(23(25)27)14-29-22(18)13-28-17-8-6-16(7-9-17)24(2,3)4;1-15-5-10-20(21(26)11-15)25-13-22-19(23(25)27)12-18(29-22)14-28-17-8-6-16(7-9-17)24(2,3)4/h3-6,13,19H,1-2,7-12H2;4-7,12,20H,1,3,8-11,13-14H2,2H3;6-9,14,20H,1,5,10-13H2,2-4H3;6-9,12,20H,1,5,10-11,13-14H2,2-4H3/t19-;3*20-/m0000/s1. The highest BCUT2D eigenvalue weighted by Crippen LogP contribution is 2.59. The zero-order valence-corrected chi connectivity index (χ0v) is 71.9. The van der Waals surface area contributed by atoms with E-state index >= 15 is 0 Å². The first kappa shape index (κ1) is 84.2. The van der Waals surface area contributed by atoms with E-state index in [4.69, 9.17) is 18.9 Å². The van der Waals surface area contributed by atoms with Gasteiger partial charge in [0.05, 0.1) is 64.9 Å². The number of Topliss-reactive ketones (excluding diaryl/α,β-unsaturated/α-hetero) is 4. The van der Waals surface area contributed by atoms with E-state index in [1.54, 1.807) is 71.1 Å². The van der Waals surface area contributed by atoms with Crippen molar-refractivity contribution in [3.05, 3.63) is 253 Å². The molecule has 4 atom stereocenters. The molecule has 18 rings (SSSR count). The van der Waals surface area contributed by atoms with E-state index in [0.29, 0.717) is 114 Å². The Morgan fingerprint density at radius 2 is 0.706 bits per heavy atom. The summed E-state index contributed by atoms with van der Waals surface area (Å²) in [6.45, 7) is 34.6. The van der Waals surface area contributed by atoms with Gasteiger partial charge in [-0.3, -0.25) is 38.4 Å². The number of ketones is 4. The molecule has 0 bridgehead atoms. The minimum Gasteiger partial charge on any atom is -0.488 e. The van der Waals surface area contributed by atoms with Crippen LogP contribution in [0.15, 0.2) is 169 Å². The summed E-state index contributed by atoms with van der Waals surface area (Å²) in [6, 6.07) is 33.5. The zero-order valence-electron chi connectivity index (χ0n) is 68.6. The third-order valence-electron chi connectivity index (χ3n) is 24.9. The van der Waals surface area contributed by atoms with Crippen molar-refractivity contribution >= 4 is 92.1 Å². The molecular formula is C96H101F3N4O12S4. The summed E-state index contributed by atoms with van der Waals surface area (Å²) in [5, 5.41) is 3.71. The number of nitrogens with zero attached hydrogens (tertiary/aromatic N) is 4. The molecule has 4 aliphatic heterocycles. The summed E-state index contributed by atoms with van der Waals surface area (Å²) in [7, 11) is 0. The van der Waals surface area contributed by atoms with E-state index in [1.165, 1.54) is 53.0 Å². The zero-order chi connectivity index (χ0) is 84.4. The number of alkyl halides is 3. The topological polar surface area (TPSA) is 186 Å². The molecule has 4 aromatic heterocycles. The number of rotatable bonds is 18. The van der Waals surface area contributed by atoms with Gasteiger partial charge in [0.1, 0.15) is 49.4 Å². The molecule has 8 heterocycles. The van der Waals surface area contributed by atoms with Crippen LogP contribution in [-0.2, 0) is 93.4 Å². The summed E-state index contributed by atoms with van der Waals surface area (Å²) in [5.41, 5.74) is 11.6. The lowest BCUT2D eigenvalue weighted by atomic mass is 9.87. The molecule has 0 spiro atoms. The van der Waals surface area contributed by atoms with Crippen molar-refractivity contribution < 1.29 is 70.5 Å². The lowest BCUT2D eigenvalue weighted by Gasteiger charge is -2.30. The van der Waals surface area contributed by atoms with Crippen molar-refractivity contribution in [2.45, 2.75) is 256 Å². The molecule has 6 saturated carbocycles. The highest BCUT2D eigenvalue weighted by molar-refractivity contribution is 7.13. The number of benzene rings is 4. The molecule has 0 radical (unpaired) electrons. The van der Waals surface area contributed by atoms with Gasteiger partial charge >= 0.3 is 6.18 Å². The summed E-state index contributed by atoms with van der Waals surface area (Å²) in [5.74, 6) is 3.18. The van der Waals surface area contributed by atoms with E-state index < -0.39 is 17.6 Å². The molecule has 0 unspecified atom stereocenters. The number of carbonyl (C=O) groups is 8. The quantitative estimate of drug-likeness (QED) is 0.0741. The first-order valence-electron chi connectivity index (χ1n) is 41.0. The molecule has 0 N–H and O–H groups in total. The van der Waals surface area contributed by atoms with Gasteiger partial charge in [0, 0.05) is 89.9 Å². The number of fused-ring (bicyclic) bond motifs is 4. The van der Waals surface area contributed by atoms with Crippen LogP contribution in [0.1, 0.15) is 255 Å². The Morgan fingerprint density at radius 3 is 1.00 bits per heavy atom. The van der Waals surface area contributed by atoms with Gasteiger partial charge in [0.2, 0.25) is 0 Å². The average Bonchev–Trinajstić information content (AvgIpc) is 1.58. The molecule has 23 heteroatoms. The second-order valence-corrected chi connectivity index (χ2v) is 40.0. The van der Waals surface area contributed by atoms with Crippen LogP contribution in [0.3, 0.4) is 0 Å². The predicted molar refractivity (Wildman–Crippen MR) is 458 cm³/mol. The molecule has 4 amide bonds. The average molecular weight is 1690 g/mol. The number of carbonyl (C=O) groups excluding carboxylic acids is 8. The fourth-order valence-electron chi connectivity index (χ4n) is 17.1. The van der Waals surface area contributed by atoms with Crippen molar-refractivity contribution in [3.63, 3.8) is 0 Å². The summed E-state index contributed by atoms with van der Waals surface area (Å²) in [4.78, 5) is 114. The third kappa shape index (κ3) is 18.2. The van der Waals surface area contributed by atoms with E-state index in [-0.39, 0.29) is 101 Å². The van der Waals surface area contributed by atoms with Crippen LogP contribution in [-0.4, -0.2) is 96.7 Å². The van der Waals surface area contributed by atoms with Crippen molar-refractivity contribution in [2.75, 3.05) is 0 Å². The SMILES string of the molecule is C=C1CC[C@H](N2Cc3c(csc3COc3ccc(C(C)(C)C)cc3)C2=O)C(=O)C1.C=C1CC[C@H](N2Cc3c(csc3COc3ccc(C4(C(F)(F)F)CC4)cc3)C2=O)C(=O)C1.C=C1CC[C@H](N2Cc3sc(COc4ccc(C(C)(C)C)cc4)cc3C2=O)C(=O)C1.C=C1CC[C@H](N2Cc3sc(COc4ccc(C5(C)CC5)cc4)cc3C2=O)C(=O)C1. The van der Waals surface area contributed by atoms with Gasteiger partial charge in [-0.05, 0) is 176 Å². The second-order valence-electron chi connectivity index (χ2n) is 35.6. The van der Waals surface area contributed by atoms with Crippen LogP contribution in [0.5, 0.6) is 23.0 Å². The summed E-state index contributed by atoms with van der Waals surface area (Å²) in [6.07, 6.45) is 5.94. The maximum absolute atomic E-state index is 13.3. The van der Waals surface area contributed by atoms with Crippen molar-refractivity contribution in [1.29, 1.82) is 0 Å². The van der Waals surface area contributed by atoms with Crippen molar-refractivity contribution in [3.8, 4) is 23.0 Å². The Balaban J connectivity index is 0.000000124. The number of hydrogen-bond donors (Lipinski definition) is 0.